The molecule has 2 aromatic rings. The predicted octanol–water partition coefficient (Wildman–Crippen LogP) is 3.04. The highest BCUT2D eigenvalue weighted by atomic mass is 32.1. The van der Waals surface area contributed by atoms with Crippen molar-refractivity contribution in [1.29, 1.82) is 0 Å². The summed E-state index contributed by atoms with van der Waals surface area (Å²) in [5.41, 5.74) is 0. The molecule has 0 saturated carbocycles. The third-order valence-electron chi connectivity index (χ3n) is 2.44. The zero-order valence-corrected chi connectivity index (χ0v) is 9.99. The molecular weight excluding hydrogens is 239 g/mol. The Kier molecular flexibility index (Phi) is 4.12. The molecule has 2 nitrogen and oxygen atoms in total. The largest absolute Gasteiger partial charge is 0.490 e. The lowest BCUT2D eigenvalue weighted by molar-refractivity contribution is 0.202. The maximum Gasteiger partial charge on any atom is 0.165 e. The molecule has 1 aromatic carbocycles. The predicted molar refractivity (Wildman–Crippen MR) is 66.0 cm³/mol. The zero-order valence-electron chi connectivity index (χ0n) is 9.17. The number of benzene rings is 1. The van der Waals surface area contributed by atoms with Gasteiger partial charge in [-0.1, -0.05) is 18.2 Å². The van der Waals surface area contributed by atoms with Crippen LogP contribution in [0.1, 0.15) is 10.8 Å². The van der Waals surface area contributed by atoms with Crippen LogP contribution in [0.3, 0.4) is 0 Å². The van der Waals surface area contributed by atoms with Crippen LogP contribution in [-0.4, -0.2) is 18.3 Å². The van der Waals surface area contributed by atoms with Crippen molar-refractivity contribution < 1.29 is 14.2 Å². The van der Waals surface area contributed by atoms with Gasteiger partial charge < -0.3 is 9.84 Å². The monoisotopic (exact) mass is 252 g/mol. The number of para-hydroxylation sites is 1. The van der Waals surface area contributed by atoms with Crippen molar-refractivity contribution in [1.82, 2.24) is 0 Å². The summed E-state index contributed by atoms with van der Waals surface area (Å²) in [7, 11) is 0. The summed E-state index contributed by atoms with van der Waals surface area (Å²) in [6.45, 7) is 0.271. The molecule has 0 saturated heterocycles. The van der Waals surface area contributed by atoms with E-state index < -0.39 is 0 Å². The van der Waals surface area contributed by atoms with Gasteiger partial charge in [0.05, 0.1) is 19.1 Å². The Balaban J connectivity index is 2.00. The highest BCUT2D eigenvalue weighted by Crippen LogP contribution is 2.23. The van der Waals surface area contributed by atoms with Gasteiger partial charge in [0, 0.05) is 4.88 Å². The summed E-state index contributed by atoms with van der Waals surface area (Å²) in [5.74, 6) is -0.257. The summed E-state index contributed by atoms with van der Waals surface area (Å²) in [4.78, 5) is 1.05. The summed E-state index contributed by atoms with van der Waals surface area (Å²) >= 11 is 1.56. The lowest BCUT2D eigenvalue weighted by atomic mass is 10.1. The first-order chi connectivity index (χ1) is 8.31. The molecule has 0 bridgehead atoms. The second-order valence-corrected chi connectivity index (χ2v) is 4.62. The van der Waals surface area contributed by atoms with E-state index in [1.807, 2.05) is 17.5 Å². The number of hydrogen-bond donors (Lipinski definition) is 1. The third kappa shape index (κ3) is 3.05. The number of halogens is 1. The maximum absolute atomic E-state index is 13.3. The van der Waals surface area contributed by atoms with Gasteiger partial charge in [0.25, 0.3) is 0 Å². The van der Waals surface area contributed by atoms with Crippen molar-refractivity contribution in [2.45, 2.75) is 5.92 Å². The van der Waals surface area contributed by atoms with Crippen LogP contribution < -0.4 is 4.74 Å². The van der Waals surface area contributed by atoms with Crippen molar-refractivity contribution in [3.63, 3.8) is 0 Å². The van der Waals surface area contributed by atoms with Crippen molar-refractivity contribution in [2.75, 3.05) is 13.2 Å². The summed E-state index contributed by atoms with van der Waals surface area (Å²) in [6.07, 6.45) is 0. The van der Waals surface area contributed by atoms with Crippen LogP contribution >= 0.6 is 11.3 Å². The van der Waals surface area contributed by atoms with E-state index in [9.17, 15) is 9.50 Å². The van der Waals surface area contributed by atoms with Crippen molar-refractivity contribution in [3.8, 4) is 5.75 Å². The molecule has 90 valence electrons. The number of rotatable bonds is 5. The van der Waals surface area contributed by atoms with Gasteiger partial charge in [-0.05, 0) is 23.6 Å². The smallest absolute Gasteiger partial charge is 0.165 e. The zero-order chi connectivity index (χ0) is 12.1. The Labute approximate surface area is 103 Å². The van der Waals surface area contributed by atoms with Crippen LogP contribution in [0.25, 0.3) is 0 Å². The lowest BCUT2D eigenvalue weighted by Gasteiger charge is -2.14. The van der Waals surface area contributed by atoms with E-state index in [4.69, 9.17) is 4.74 Å². The molecule has 0 aliphatic carbocycles. The Morgan fingerprint density at radius 2 is 2.06 bits per heavy atom. The number of hydrogen-bond acceptors (Lipinski definition) is 3. The fourth-order valence-corrected chi connectivity index (χ4v) is 2.31. The molecule has 1 aromatic heterocycles. The second-order valence-electron chi connectivity index (χ2n) is 3.64. The van der Waals surface area contributed by atoms with Gasteiger partial charge in [-0.3, -0.25) is 0 Å². The maximum atomic E-state index is 13.3. The Morgan fingerprint density at radius 3 is 2.71 bits per heavy atom. The van der Waals surface area contributed by atoms with Crippen molar-refractivity contribution >= 4 is 11.3 Å². The molecular formula is C13H13FO2S. The van der Waals surface area contributed by atoms with Gasteiger partial charge in [-0.2, -0.15) is 0 Å². The molecule has 0 aliphatic heterocycles. The standard InChI is InChI=1S/C13H13FO2S/c14-11-4-1-2-5-12(11)16-9-10(8-15)13-6-3-7-17-13/h1-7,10,15H,8-9H2. The molecule has 1 atom stereocenters. The molecule has 1 N–H and O–H groups in total. The summed E-state index contributed by atoms with van der Waals surface area (Å²) < 4.78 is 18.7. The van der Waals surface area contributed by atoms with E-state index in [0.717, 1.165) is 4.88 Å². The molecule has 4 heteroatoms. The van der Waals surface area contributed by atoms with Crippen LogP contribution in [-0.2, 0) is 0 Å². The molecule has 1 heterocycles. The fraction of sp³-hybridized carbons (Fsp3) is 0.231. The average Bonchev–Trinajstić information content (AvgIpc) is 2.86. The van der Waals surface area contributed by atoms with Crippen LogP contribution in [0.5, 0.6) is 5.75 Å². The Bertz CT molecular complexity index is 456. The van der Waals surface area contributed by atoms with Gasteiger partial charge >= 0.3 is 0 Å². The van der Waals surface area contributed by atoms with E-state index in [0.29, 0.717) is 0 Å². The van der Waals surface area contributed by atoms with Crippen LogP contribution in [0, 0.1) is 5.82 Å². The van der Waals surface area contributed by atoms with Gasteiger partial charge in [0.15, 0.2) is 11.6 Å². The highest BCUT2D eigenvalue weighted by Gasteiger charge is 2.13. The fourth-order valence-electron chi connectivity index (χ4n) is 1.50. The van der Waals surface area contributed by atoms with Crippen LogP contribution in [0.15, 0.2) is 41.8 Å². The molecule has 1 unspecified atom stereocenters. The molecule has 2 rings (SSSR count). The van der Waals surface area contributed by atoms with E-state index in [1.54, 1.807) is 29.5 Å². The minimum atomic E-state index is -0.379. The third-order valence-corrected chi connectivity index (χ3v) is 3.48. The molecule has 0 fully saturated rings. The molecule has 0 aliphatic rings. The van der Waals surface area contributed by atoms with E-state index in [2.05, 4.69) is 0 Å². The molecule has 17 heavy (non-hydrogen) atoms. The molecule has 0 radical (unpaired) electrons. The highest BCUT2D eigenvalue weighted by molar-refractivity contribution is 7.10. The van der Waals surface area contributed by atoms with Gasteiger partial charge in [0.1, 0.15) is 0 Å². The Morgan fingerprint density at radius 1 is 1.24 bits per heavy atom. The first kappa shape index (κ1) is 12.1. The normalized spacial score (nSPS) is 12.4. The van der Waals surface area contributed by atoms with Gasteiger partial charge in [-0.15, -0.1) is 11.3 Å². The minimum Gasteiger partial charge on any atom is -0.490 e. The number of aliphatic hydroxyl groups excluding tert-OH is 1. The van der Waals surface area contributed by atoms with Crippen molar-refractivity contribution in [3.05, 3.63) is 52.5 Å². The second kappa shape index (κ2) is 5.80. The lowest BCUT2D eigenvalue weighted by Crippen LogP contribution is -2.13. The number of aliphatic hydroxyl groups is 1. The quantitative estimate of drug-likeness (QED) is 0.886. The SMILES string of the molecule is OCC(COc1ccccc1F)c1cccs1. The summed E-state index contributed by atoms with van der Waals surface area (Å²) in [6, 6.07) is 10.1. The van der Waals surface area contributed by atoms with E-state index >= 15 is 0 Å². The van der Waals surface area contributed by atoms with Crippen molar-refractivity contribution in [2.24, 2.45) is 0 Å². The van der Waals surface area contributed by atoms with Crippen LogP contribution in [0.4, 0.5) is 4.39 Å². The minimum absolute atomic E-state index is 0.00499. The number of thiophene rings is 1. The number of ether oxygens (including phenoxy) is 1. The van der Waals surface area contributed by atoms with E-state index in [-0.39, 0.29) is 30.7 Å². The average molecular weight is 252 g/mol. The Hall–Kier alpha value is -1.39. The van der Waals surface area contributed by atoms with Gasteiger partial charge in [0.2, 0.25) is 0 Å². The van der Waals surface area contributed by atoms with Gasteiger partial charge in [-0.25, -0.2) is 4.39 Å². The first-order valence-corrected chi connectivity index (χ1v) is 6.21. The van der Waals surface area contributed by atoms with E-state index in [1.165, 1.54) is 6.07 Å². The summed E-state index contributed by atoms with van der Waals surface area (Å²) in [5, 5.41) is 11.2. The molecule has 0 spiro atoms. The first-order valence-electron chi connectivity index (χ1n) is 5.33. The topological polar surface area (TPSA) is 29.5 Å². The van der Waals surface area contributed by atoms with Crippen LogP contribution in [0.2, 0.25) is 0 Å². The molecule has 0 amide bonds.